The lowest BCUT2D eigenvalue weighted by Crippen LogP contribution is -2.49. The topological polar surface area (TPSA) is 64.7 Å². The Bertz CT molecular complexity index is 593. The molecule has 1 aliphatic rings. The van der Waals surface area contributed by atoms with Gasteiger partial charge in [-0.25, -0.2) is 0 Å². The number of nitrogens with zero attached hydrogens (tertiary/aromatic N) is 2. The van der Waals surface area contributed by atoms with Gasteiger partial charge in [-0.05, 0) is 23.5 Å². The summed E-state index contributed by atoms with van der Waals surface area (Å²) >= 11 is 0. The fraction of sp³-hybridized carbons (Fsp3) is 0.619. The van der Waals surface area contributed by atoms with Crippen LogP contribution < -0.4 is 10.6 Å². The lowest BCUT2D eigenvalue weighted by Gasteiger charge is -2.34. The van der Waals surface area contributed by atoms with Crippen molar-refractivity contribution in [3.63, 3.8) is 0 Å². The maximum Gasteiger partial charge on any atom is 0.239 e. The number of hydrogen-bond donors (Lipinski definition) is 2. The third-order valence-corrected chi connectivity index (χ3v) is 4.90. The minimum absolute atomic E-state index is 0.0607. The smallest absolute Gasteiger partial charge is 0.239 e. The predicted octanol–water partition coefficient (Wildman–Crippen LogP) is 1.57. The zero-order valence-electron chi connectivity index (χ0n) is 17.0. The summed E-state index contributed by atoms with van der Waals surface area (Å²) in [6, 6.07) is 8.88. The Labute approximate surface area is 163 Å². The van der Waals surface area contributed by atoms with Crippen molar-refractivity contribution in [2.75, 3.05) is 45.8 Å². The molecule has 0 unspecified atom stereocenters. The normalized spacial score (nSPS) is 15.7. The average Bonchev–Trinajstić information content (AvgIpc) is 2.66. The molecule has 2 rings (SSSR count). The second-order valence-corrected chi connectivity index (χ2v) is 7.58. The number of benzene rings is 1. The summed E-state index contributed by atoms with van der Waals surface area (Å²) in [6.07, 6.45) is 0.895. The van der Waals surface area contributed by atoms with Crippen LogP contribution in [0.25, 0.3) is 0 Å². The molecule has 1 aliphatic heterocycles. The number of carbonyl (C=O) groups is 2. The zero-order chi connectivity index (χ0) is 19.6. The molecule has 2 N–H and O–H groups in total. The van der Waals surface area contributed by atoms with E-state index in [1.165, 1.54) is 11.1 Å². The van der Waals surface area contributed by atoms with Gasteiger partial charge in [-0.2, -0.15) is 0 Å². The first kappa shape index (κ1) is 21.4. The van der Waals surface area contributed by atoms with E-state index in [0.29, 0.717) is 19.0 Å². The van der Waals surface area contributed by atoms with Crippen molar-refractivity contribution >= 4 is 11.8 Å². The van der Waals surface area contributed by atoms with Crippen LogP contribution in [0.1, 0.15) is 44.2 Å². The first-order valence-electron chi connectivity index (χ1n) is 10.0. The highest BCUT2D eigenvalue weighted by atomic mass is 16.2. The maximum atomic E-state index is 12.0. The Balaban J connectivity index is 1.66. The molecular formula is C21H34N4O2. The number of rotatable bonds is 9. The van der Waals surface area contributed by atoms with Gasteiger partial charge in [-0.1, -0.05) is 45.0 Å². The molecule has 27 heavy (non-hydrogen) atoms. The Morgan fingerprint density at radius 2 is 1.59 bits per heavy atom. The Hall–Kier alpha value is -1.92. The van der Waals surface area contributed by atoms with Crippen molar-refractivity contribution in [1.82, 2.24) is 20.4 Å². The van der Waals surface area contributed by atoms with E-state index in [-0.39, 0.29) is 18.4 Å². The first-order chi connectivity index (χ1) is 13.0. The van der Waals surface area contributed by atoms with Crippen molar-refractivity contribution in [2.45, 2.75) is 39.7 Å². The Morgan fingerprint density at radius 3 is 2.19 bits per heavy atom. The van der Waals surface area contributed by atoms with Gasteiger partial charge in [0.2, 0.25) is 11.8 Å². The quantitative estimate of drug-likeness (QED) is 0.689. The van der Waals surface area contributed by atoms with Crippen LogP contribution in [0.15, 0.2) is 24.3 Å². The van der Waals surface area contributed by atoms with Gasteiger partial charge in [0.1, 0.15) is 0 Å². The van der Waals surface area contributed by atoms with Gasteiger partial charge in [0.25, 0.3) is 0 Å². The lowest BCUT2D eigenvalue weighted by atomic mass is 10.0. The fourth-order valence-electron chi connectivity index (χ4n) is 3.14. The monoisotopic (exact) mass is 374 g/mol. The molecule has 0 bridgehead atoms. The SMILES string of the molecule is CCCNC(=O)CNC(=O)CN1CCN(Cc2ccc(C(C)C)cc2)CC1. The van der Waals surface area contributed by atoms with E-state index >= 15 is 0 Å². The van der Waals surface area contributed by atoms with Gasteiger partial charge in [0.05, 0.1) is 13.1 Å². The minimum atomic E-state index is -0.126. The highest BCUT2D eigenvalue weighted by molar-refractivity contribution is 5.85. The van der Waals surface area contributed by atoms with Crippen LogP contribution >= 0.6 is 0 Å². The van der Waals surface area contributed by atoms with Crippen LogP contribution in [-0.4, -0.2) is 67.4 Å². The van der Waals surface area contributed by atoms with E-state index in [0.717, 1.165) is 39.1 Å². The van der Waals surface area contributed by atoms with Gasteiger partial charge < -0.3 is 10.6 Å². The summed E-state index contributed by atoms with van der Waals surface area (Å²) < 4.78 is 0. The van der Waals surface area contributed by atoms with Crippen LogP contribution in [0.3, 0.4) is 0 Å². The van der Waals surface area contributed by atoms with E-state index in [1.54, 1.807) is 0 Å². The Kier molecular flexibility index (Phi) is 8.75. The predicted molar refractivity (Wildman–Crippen MR) is 109 cm³/mol. The molecule has 150 valence electrons. The lowest BCUT2D eigenvalue weighted by molar-refractivity contribution is -0.127. The molecule has 0 radical (unpaired) electrons. The summed E-state index contributed by atoms with van der Waals surface area (Å²) in [4.78, 5) is 28.1. The summed E-state index contributed by atoms with van der Waals surface area (Å²) in [5, 5.41) is 5.45. The van der Waals surface area contributed by atoms with Gasteiger partial charge in [0, 0.05) is 39.3 Å². The second-order valence-electron chi connectivity index (χ2n) is 7.58. The van der Waals surface area contributed by atoms with Crippen molar-refractivity contribution in [3.8, 4) is 0 Å². The number of carbonyl (C=O) groups excluding carboxylic acids is 2. The largest absolute Gasteiger partial charge is 0.355 e. The molecule has 1 heterocycles. The van der Waals surface area contributed by atoms with E-state index in [1.807, 2.05) is 6.92 Å². The summed E-state index contributed by atoms with van der Waals surface area (Å²) in [6.45, 7) is 12.1. The number of nitrogens with one attached hydrogen (secondary N) is 2. The molecule has 0 saturated carbocycles. The summed E-state index contributed by atoms with van der Waals surface area (Å²) in [5.41, 5.74) is 2.71. The molecule has 0 spiro atoms. The summed E-state index contributed by atoms with van der Waals surface area (Å²) in [7, 11) is 0. The van der Waals surface area contributed by atoms with Crippen LogP contribution in [0.5, 0.6) is 0 Å². The van der Waals surface area contributed by atoms with Crippen molar-refractivity contribution in [1.29, 1.82) is 0 Å². The molecule has 6 heteroatoms. The third kappa shape index (κ3) is 7.69. The number of piperazine rings is 1. The highest BCUT2D eigenvalue weighted by Crippen LogP contribution is 2.16. The molecule has 1 aromatic rings. The molecular weight excluding hydrogens is 340 g/mol. The molecule has 0 atom stereocenters. The summed E-state index contributed by atoms with van der Waals surface area (Å²) in [5.74, 6) is 0.351. The van der Waals surface area contributed by atoms with Crippen LogP contribution in [0, 0.1) is 0 Å². The van der Waals surface area contributed by atoms with E-state index in [4.69, 9.17) is 0 Å². The van der Waals surface area contributed by atoms with Crippen molar-refractivity contribution < 1.29 is 9.59 Å². The van der Waals surface area contributed by atoms with E-state index < -0.39 is 0 Å². The van der Waals surface area contributed by atoms with Crippen LogP contribution in [0.4, 0.5) is 0 Å². The molecule has 1 saturated heterocycles. The van der Waals surface area contributed by atoms with Gasteiger partial charge >= 0.3 is 0 Å². The minimum Gasteiger partial charge on any atom is -0.355 e. The highest BCUT2D eigenvalue weighted by Gasteiger charge is 2.19. The standard InChI is InChI=1S/C21H34N4O2/c1-4-9-22-20(26)14-23-21(27)16-25-12-10-24(11-13-25)15-18-5-7-19(8-6-18)17(2)3/h5-8,17H,4,9-16H2,1-3H3,(H,22,26)(H,23,27). The zero-order valence-corrected chi connectivity index (χ0v) is 17.0. The molecule has 6 nitrogen and oxygen atoms in total. The van der Waals surface area contributed by atoms with E-state index in [2.05, 4.69) is 58.5 Å². The molecule has 1 fully saturated rings. The maximum absolute atomic E-state index is 12.0. The van der Waals surface area contributed by atoms with Crippen molar-refractivity contribution in [3.05, 3.63) is 35.4 Å². The molecule has 0 aliphatic carbocycles. The molecule has 2 amide bonds. The average molecular weight is 375 g/mol. The van der Waals surface area contributed by atoms with Gasteiger partial charge in [-0.15, -0.1) is 0 Å². The molecule has 0 aromatic heterocycles. The van der Waals surface area contributed by atoms with Crippen LogP contribution in [-0.2, 0) is 16.1 Å². The molecule has 1 aromatic carbocycles. The number of hydrogen-bond acceptors (Lipinski definition) is 4. The van der Waals surface area contributed by atoms with Crippen LogP contribution in [0.2, 0.25) is 0 Å². The number of amides is 2. The first-order valence-corrected chi connectivity index (χ1v) is 10.0. The third-order valence-electron chi connectivity index (χ3n) is 4.90. The van der Waals surface area contributed by atoms with Crippen molar-refractivity contribution in [2.24, 2.45) is 0 Å². The van der Waals surface area contributed by atoms with E-state index in [9.17, 15) is 9.59 Å². The van der Waals surface area contributed by atoms with Gasteiger partial charge in [-0.3, -0.25) is 19.4 Å². The fourth-order valence-corrected chi connectivity index (χ4v) is 3.14. The second kappa shape index (κ2) is 11.0. The Morgan fingerprint density at radius 1 is 0.963 bits per heavy atom. The van der Waals surface area contributed by atoms with Gasteiger partial charge in [0.15, 0.2) is 0 Å².